The van der Waals surface area contributed by atoms with E-state index in [1.807, 2.05) is 38.1 Å². The molecule has 1 saturated carbocycles. The van der Waals surface area contributed by atoms with Crippen molar-refractivity contribution in [1.82, 2.24) is 14.8 Å². The fraction of sp³-hybridized carbons (Fsp3) is 0.522. The molecule has 0 atom stereocenters. The van der Waals surface area contributed by atoms with Crippen molar-refractivity contribution in [2.24, 2.45) is 5.92 Å². The molecule has 2 aromatic rings. The first kappa shape index (κ1) is 21.6. The highest BCUT2D eigenvalue weighted by Crippen LogP contribution is 2.28. The van der Waals surface area contributed by atoms with Crippen molar-refractivity contribution in [3.05, 3.63) is 47.8 Å². The Morgan fingerprint density at radius 1 is 1.28 bits per heavy atom. The second-order valence-electron chi connectivity index (χ2n) is 7.93. The Bertz CT molecular complexity index is 839. The number of hydrogen-bond donors (Lipinski definition) is 1. The predicted molar refractivity (Wildman–Crippen MR) is 120 cm³/mol. The lowest BCUT2D eigenvalue weighted by molar-refractivity contribution is -0.113. The molecular formula is C23H32N4OS. The number of aromatic nitrogens is 3. The van der Waals surface area contributed by atoms with E-state index in [0.717, 1.165) is 34.6 Å². The van der Waals surface area contributed by atoms with Gasteiger partial charge in [0.15, 0.2) is 5.16 Å². The van der Waals surface area contributed by atoms with Crippen molar-refractivity contribution < 1.29 is 4.79 Å². The first-order chi connectivity index (χ1) is 14.1. The van der Waals surface area contributed by atoms with Crippen LogP contribution in [0.1, 0.15) is 55.5 Å². The minimum absolute atomic E-state index is 0.0272. The van der Waals surface area contributed by atoms with E-state index in [2.05, 4.69) is 26.7 Å². The Labute approximate surface area is 178 Å². The summed E-state index contributed by atoms with van der Waals surface area (Å²) in [6.45, 7) is 8.62. The van der Waals surface area contributed by atoms with Crippen LogP contribution in [0.4, 0.5) is 5.69 Å². The maximum Gasteiger partial charge on any atom is 0.234 e. The number of amides is 1. The molecule has 6 heteroatoms. The second-order valence-corrected chi connectivity index (χ2v) is 8.87. The van der Waals surface area contributed by atoms with Gasteiger partial charge in [0, 0.05) is 18.7 Å². The summed E-state index contributed by atoms with van der Waals surface area (Å²) >= 11 is 1.44. The van der Waals surface area contributed by atoms with Crippen LogP contribution in [0.3, 0.4) is 0 Å². The van der Waals surface area contributed by atoms with Crippen LogP contribution in [-0.2, 0) is 17.8 Å². The predicted octanol–water partition coefficient (Wildman–Crippen LogP) is 5.32. The Morgan fingerprint density at radius 2 is 2.07 bits per heavy atom. The Morgan fingerprint density at radius 3 is 2.83 bits per heavy atom. The summed E-state index contributed by atoms with van der Waals surface area (Å²) < 4.78 is 2.10. The zero-order valence-electron chi connectivity index (χ0n) is 17.6. The van der Waals surface area contributed by atoms with Crippen LogP contribution in [-0.4, -0.2) is 26.4 Å². The molecule has 1 aromatic carbocycles. The Kier molecular flexibility index (Phi) is 7.92. The van der Waals surface area contributed by atoms with Crippen LogP contribution >= 0.6 is 11.8 Å². The molecule has 0 radical (unpaired) electrons. The maximum atomic E-state index is 12.4. The van der Waals surface area contributed by atoms with Crippen molar-refractivity contribution in [2.45, 2.75) is 70.5 Å². The minimum Gasteiger partial charge on any atom is -0.325 e. The zero-order chi connectivity index (χ0) is 20.6. The number of thioether (sulfide) groups is 1. The minimum atomic E-state index is -0.0272. The van der Waals surface area contributed by atoms with Gasteiger partial charge in [0.05, 0.1) is 5.75 Å². The van der Waals surface area contributed by atoms with Crippen molar-refractivity contribution in [2.75, 3.05) is 11.1 Å². The summed E-state index contributed by atoms with van der Waals surface area (Å²) in [4.78, 5) is 12.4. The van der Waals surface area contributed by atoms with Gasteiger partial charge in [-0.25, -0.2) is 0 Å². The third kappa shape index (κ3) is 5.95. The molecule has 29 heavy (non-hydrogen) atoms. The second kappa shape index (κ2) is 10.6. The number of carbonyl (C=O) groups is 1. The average molecular weight is 413 g/mol. The molecule has 0 bridgehead atoms. The van der Waals surface area contributed by atoms with Gasteiger partial charge in [0.1, 0.15) is 5.82 Å². The van der Waals surface area contributed by atoms with E-state index in [1.54, 1.807) is 0 Å². The molecule has 156 valence electrons. The van der Waals surface area contributed by atoms with Crippen molar-refractivity contribution in [3.63, 3.8) is 0 Å². The number of carbonyl (C=O) groups excluding carboxylic acids is 1. The summed E-state index contributed by atoms with van der Waals surface area (Å²) in [6, 6.07) is 5.95. The van der Waals surface area contributed by atoms with Crippen LogP contribution in [0.25, 0.3) is 0 Å². The van der Waals surface area contributed by atoms with E-state index in [1.165, 1.54) is 55.9 Å². The summed E-state index contributed by atoms with van der Waals surface area (Å²) in [6.07, 6.45) is 10.8. The molecule has 1 aromatic heterocycles. The summed E-state index contributed by atoms with van der Waals surface area (Å²) in [5.74, 6) is 2.11. The molecule has 0 unspecified atom stereocenters. The summed E-state index contributed by atoms with van der Waals surface area (Å²) in [5, 5.41) is 12.6. The molecule has 0 spiro atoms. The quantitative estimate of drug-likeness (QED) is 0.447. The van der Waals surface area contributed by atoms with Crippen LogP contribution in [0.5, 0.6) is 0 Å². The van der Waals surface area contributed by atoms with Crippen LogP contribution < -0.4 is 5.32 Å². The van der Waals surface area contributed by atoms with E-state index >= 15 is 0 Å². The van der Waals surface area contributed by atoms with Gasteiger partial charge in [-0.3, -0.25) is 4.79 Å². The number of allylic oxidation sites excluding steroid dienone is 1. The van der Waals surface area contributed by atoms with E-state index in [9.17, 15) is 4.79 Å². The van der Waals surface area contributed by atoms with Gasteiger partial charge in [-0.05, 0) is 43.4 Å². The maximum absolute atomic E-state index is 12.4. The summed E-state index contributed by atoms with van der Waals surface area (Å²) in [7, 11) is 0. The molecule has 5 nitrogen and oxygen atoms in total. The Balaban J connectivity index is 1.58. The van der Waals surface area contributed by atoms with Gasteiger partial charge in [0.2, 0.25) is 5.91 Å². The standard InChI is InChI=1S/C23H32N4OS/c1-4-15-27-21(14-13-19-10-6-5-7-11-19)25-26-23(27)29-16-22(28)24-20-12-8-9-17(2)18(20)3/h4,8-9,12,19H,1,5-7,10-11,13-16H2,2-3H3,(H,24,28). The number of benzene rings is 1. The van der Waals surface area contributed by atoms with Crippen LogP contribution in [0.2, 0.25) is 0 Å². The molecule has 0 saturated heterocycles. The molecule has 3 rings (SSSR count). The fourth-order valence-corrected chi connectivity index (χ4v) is 4.70. The topological polar surface area (TPSA) is 59.8 Å². The van der Waals surface area contributed by atoms with Gasteiger partial charge in [-0.1, -0.05) is 62.1 Å². The first-order valence-corrected chi connectivity index (χ1v) is 11.6. The van der Waals surface area contributed by atoms with E-state index in [-0.39, 0.29) is 5.91 Å². The van der Waals surface area contributed by atoms with Gasteiger partial charge >= 0.3 is 0 Å². The zero-order valence-corrected chi connectivity index (χ0v) is 18.4. The fourth-order valence-electron chi connectivity index (χ4n) is 3.94. The van der Waals surface area contributed by atoms with Crippen molar-refractivity contribution in [1.29, 1.82) is 0 Å². The molecule has 1 fully saturated rings. The van der Waals surface area contributed by atoms with Gasteiger partial charge in [-0.15, -0.1) is 16.8 Å². The lowest BCUT2D eigenvalue weighted by atomic mass is 9.86. The van der Waals surface area contributed by atoms with Crippen LogP contribution in [0, 0.1) is 19.8 Å². The highest BCUT2D eigenvalue weighted by molar-refractivity contribution is 7.99. The normalized spacial score (nSPS) is 14.7. The number of nitrogens with one attached hydrogen (secondary N) is 1. The highest BCUT2D eigenvalue weighted by atomic mass is 32.2. The number of anilines is 1. The van der Waals surface area contributed by atoms with E-state index in [4.69, 9.17) is 0 Å². The molecule has 1 aliphatic rings. The van der Waals surface area contributed by atoms with E-state index in [0.29, 0.717) is 12.3 Å². The third-order valence-electron chi connectivity index (χ3n) is 5.82. The monoisotopic (exact) mass is 412 g/mol. The first-order valence-electron chi connectivity index (χ1n) is 10.6. The molecule has 1 aliphatic carbocycles. The van der Waals surface area contributed by atoms with Crippen molar-refractivity contribution >= 4 is 23.4 Å². The van der Waals surface area contributed by atoms with Crippen molar-refractivity contribution in [3.8, 4) is 0 Å². The van der Waals surface area contributed by atoms with E-state index < -0.39 is 0 Å². The average Bonchev–Trinajstić information content (AvgIpc) is 3.11. The number of aryl methyl sites for hydroxylation is 2. The number of nitrogens with zero attached hydrogens (tertiary/aromatic N) is 3. The molecular weight excluding hydrogens is 380 g/mol. The molecule has 0 aliphatic heterocycles. The molecule has 1 heterocycles. The Hall–Kier alpha value is -2.08. The highest BCUT2D eigenvalue weighted by Gasteiger charge is 2.17. The van der Waals surface area contributed by atoms with Gasteiger partial charge in [-0.2, -0.15) is 0 Å². The third-order valence-corrected chi connectivity index (χ3v) is 6.78. The summed E-state index contributed by atoms with van der Waals surface area (Å²) in [5.41, 5.74) is 3.14. The SMILES string of the molecule is C=CCn1c(CCC2CCCCC2)nnc1SCC(=O)Nc1cccc(C)c1C. The van der Waals surface area contributed by atoms with Gasteiger partial charge < -0.3 is 9.88 Å². The number of hydrogen-bond acceptors (Lipinski definition) is 4. The molecule has 1 N–H and O–H groups in total. The van der Waals surface area contributed by atoms with Crippen LogP contribution in [0.15, 0.2) is 36.0 Å². The van der Waals surface area contributed by atoms with Gasteiger partial charge in [0.25, 0.3) is 0 Å². The lowest BCUT2D eigenvalue weighted by Crippen LogP contribution is -2.16. The smallest absolute Gasteiger partial charge is 0.234 e. The largest absolute Gasteiger partial charge is 0.325 e. The molecule has 1 amide bonds. The number of rotatable bonds is 9. The lowest BCUT2D eigenvalue weighted by Gasteiger charge is -2.21.